The number of likely N-dealkylation sites (N-methyl/N-ethyl adjacent to an activating group) is 2. The minimum absolute atomic E-state index is 0.00269. The Balaban J connectivity index is 1.80. The number of aryl methyl sites for hydroxylation is 3. The Labute approximate surface area is 171 Å². The number of anilines is 1. The van der Waals surface area contributed by atoms with Gasteiger partial charge in [-0.05, 0) is 51.7 Å². The van der Waals surface area contributed by atoms with E-state index in [2.05, 4.69) is 27.0 Å². The Morgan fingerprint density at radius 1 is 1.11 bits per heavy atom. The zero-order chi connectivity index (χ0) is 20.5. The van der Waals surface area contributed by atoms with Crippen LogP contribution >= 0.6 is 11.3 Å². The first kappa shape index (κ1) is 21.9. The monoisotopic (exact) mass is 402 g/mol. The van der Waals surface area contributed by atoms with Crippen LogP contribution in [0.2, 0.25) is 0 Å². The van der Waals surface area contributed by atoms with E-state index in [0.29, 0.717) is 11.7 Å². The van der Waals surface area contributed by atoms with Gasteiger partial charge in [-0.15, -0.1) is 10.2 Å². The van der Waals surface area contributed by atoms with Crippen molar-refractivity contribution in [3.63, 3.8) is 0 Å². The normalized spacial score (nSPS) is 10.7. The number of carbonyl (C=O) groups excluding carboxylic acids is 1. The molecule has 0 atom stereocenters. The summed E-state index contributed by atoms with van der Waals surface area (Å²) in [6, 6.07) is 4.01. The molecule has 28 heavy (non-hydrogen) atoms. The van der Waals surface area contributed by atoms with Gasteiger partial charge in [-0.2, -0.15) is 10.2 Å². The molecule has 2 heterocycles. The topological polar surface area (TPSA) is 75.1 Å². The third kappa shape index (κ3) is 6.37. The van der Waals surface area contributed by atoms with Gasteiger partial charge in [0.2, 0.25) is 11.0 Å². The molecule has 0 aliphatic carbocycles. The van der Waals surface area contributed by atoms with Gasteiger partial charge in [0.05, 0.1) is 17.9 Å². The summed E-state index contributed by atoms with van der Waals surface area (Å²) >= 11 is 1.48. The van der Waals surface area contributed by atoms with E-state index in [9.17, 15) is 4.79 Å². The van der Waals surface area contributed by atoms with Gasteiger partial charge in [0.1, 0.15) is 5.01 Å². The van der Waals surface area contributed by atoms with Crippen LogP contribution in [0.1, 0.15) is 49.5 Å². The highest BCUT2D eigenvalue weighted by atomic mass is 32.1. The number of amides is 1. The van der Waals surface area contributed by atoms with Crippen molar-refractivity contribution in [3.8, 4) is 0 Å². The number of hydrogen-bond acceptors (Lipinski definition) is 7. The maximum atomic E-state index is 12.6. The van der Waals surface area contributed by atoms with E-state index in [4.69, 9.17) is 0 Å². The van der Waals surface area contributed by atoms with Crippen molar-refractivity contribution < 1.29 is 4.79 Å². The van der Waals surface area contributed by atoms with Gasteiger partial charge in [-0.25, -0.2) is 0 Å². The van der Waals surface area contributed by atoms with E-state index in [1.165, 1.54) is 11.3 Å². The predicted octanol–water partition coefficient (Wildman–Crippen LogP) is 3.41. The lowest BCUT2D eigenvalue weighted by molar-refractivity contribution is -0.119. The number of carbonyl (C=O) groups is 1. The van der Waals surface area contributed by atoms with Crippen LogP contribution < -0.4 is 4.90 Å². The third-order valence-corrected chi connectivity index (χ3v) is 5.67. The molecule has 1 amide bonds. The van der Waals surface area contributed by atoms with Crippen molar-refractivity contribution in [3.05, 3.63) is 40.8 Å². The van der Waals surface area contributed by atoms with E-state index < -0.39 is 0 Å². The maximum absolute atomic E-state index is 12.6. The van der Waals surface area contributed by atoms with E-state index >= 15 is 0 Å². The van der Waals surface area contributed by atoms with Gasteiger partial charge in [0.15, 0.2) is 0 Å². The number of unbranched alkanes of at least 4 members (excludes halogenated alkanes) is 1. The molecule has 8 heteroatoms. The standard InChI is InChI=1S/C20H30N6OS/c1-6-16(4)26(7-2)14-19(27)25(5)20-24-23-18(28-20)11-9-8-10-17-13-12-15(3)21-22-17/h12-13H,4,6-11,14H2,1-3,5H3. The van der Waals surface area contributed by atoms with Crippen LogP contribution in [0.4, 0.5) is 5.13 Å². The van der Waals surface area contributed by atoms with Crippen molar-refractivity contribution in [2.75, 3.05) is 25.0 Å². The maximum Gasteiger partial charge on any atom is 0.248 e. The SMILES string of the molecule is C=C(CC)N(CC)CC(=O)N(C)c1nnc(CCCCc2ccc(C)nn2)s1. The highest BCUT2D eigenvalue weighted by Gasteiger charge is 2.18. The number of nitrogens with zero attached hydrogens (tertiary/aromatic N) is 6. The summed E-state index contributed by atoms with van der Waals surface area (Å²) in [5.41, 5.74) is 2.92. The van der Waals surface area contributed by atoms with Crippen molar-refractivity contribution >= 4 is 22.4 Å². The molecule has 2 aromatic rings. The first-order valence-corrected chi connectivity index (χ1v) is 10.6. The predicted molar refractivity (Wildman–Crippen MR) is 113 cm³/mol. The summed E-state index contributed by atoms with van der Waals surface area (Å²) in [6.45, 7) is 11.1. The molecule has 0 spiro atoms. The number of allylic oxidation sites excluding steroid dienone is 1. The lowest BCUT2D eigenvalue weighted by Gasteiger charge is -2.25. The molecular formula is C20H30N6OS. The first-order valence-electron chi connectivity index (χ1n) is 9.75. The summed E-state index contributed by atoms with van der Waals surface area (Å²) < 4.78 is 0. The van der Waals surface area contributed by atoms with Crippen LogP contribution in [-0.4, -0.2) is 51.3 Å². The molecule has 0 N–H and O–H groups in total. The van der Waals surface area contributed by atoms with Crippen LogP contribution in [0.15, 0.2) is 24.4 Å². The highest BCUT2D eigenvalue weighted by Crippen LogP contribution is 2.21. The average Bonchev–Trinajstić information content (AvgIpc) is 3.18. The molecule has 0 aliphatic heterocycles. The van der Waals surface area contributed by atoms with Crippen LogP contribution in [0.5, 0.6) is 0 Å². The Morgan fingerprint density at radius 2 is 1.86 bits per heavy atom. The molecule has 0 saturated heterocycles. The van der Waals surface area contributed by atoms with Gasteiger partial charge < -0.3 is 4.90 Å². The van der Waals surface area contributed by atoms with E-state index in [1.807, 2.05) is 37.8 Å². The van der Waals surface area contributed by atoms with Crippen molar-refractivity contribution in [2.24, 2.45) is 0 Å². The summed E-state index contributed by atoms with van der Waals surface area (Å²) in [6.07, 6.45) is 4.62. The zero-order valence-electron chi connectivity index (χ0n) is 17.3. The molecule has 0 saturated carbocycles. The summed E-state index contributed by atoms with van der Waals surface area (Å²) in [4.78, 5) is 16.1. The summed E-state index contributed by atoms with van der Waals surface area (Å²) in [7, 11) is 1.76. The minimum Gasteiger partial charge on any atom is -0.366 e. The molecule has 0 bridgehead atoms. The first-order chi connectivity index (χ1) is 13.4. The Kier molecular flexibility index (Phi) is 8.50. The molecule has 0 unspecified atom stereocenters. The lowest BCUT2D eigenvalue weighted by Crippen LogP contribution is -2.37. The largest absolute Gasteiger partial charge is 0.366 e. The smallest absolute Gasteiger partial charge is 0.248 e. The number of aromatic nitrogens is 4. The second-order valence-corrected chi connectivity index (χ2v) is 7.78. The molecule has 2 rings (SSSR count). The Bertz CT molecular complexity index is 773. The fourth-order valence-corrected chi connectivity index (χ4v) is 3.53. The van der Waals surface area contributed by atoms with Gasteiger partial charge in [0.25, 0.3) is 0 Å². The van der Waals surface area contributed by atoms with Crippen LogP contribution in [0.25, 0.3) is 0 Å². The zero-order valence-corrected chi connectivity index (χ0v) is 18.1. The minimum atomic E-state index is -0.00269. The van der Waals surface area contributed by atoms with Gasteiger partial charge in [-0.3, -0.25) is 9.69 Å². The molecule has 152 valence electrons. The number of hydrogen-bond donors (Lipinski definition) is 0. The van der Waals surface area contributed by atoms with E-state index in [0.717, 1.165) is 60.7 Å². The average molecular weight is 403 g/mol. The molecule has 2 aromatic heterocycles. The second kappa shape index (κ2) is 10.8. The molecular weight excluding hydrogens is 372 g/mol. The third-order valence-electron chi connectivity index (χ3n) is 4.61. The van der Waals surface area contributed by atoms with Crippen molar-refractivity contribution in [2.45, 2.75) is 52.9 Å². The fourth-order valence-electron chi connectivity index (χ4n) is 2.67. The molecule has 0 aromatic carbocycles. The van der Waals surface area contributed by atoms with Crippen LogP contribution in [0.3, 0.4) is 0 Å². The van der Waals surface area contributed by atoms with Crippen molar-refractivity contribution in [1.82, 2.24) is 25.3 Å². The molecule has 0 fully saturated rings. The summed E-state index contributed by atoms with van der Waals surface area (Å²) in [5.74, 6) is -0.00269. The van der Waals surface area contributed by atoms with E-state index in [1.54, 1.807) is 11.9 Å². The second-order valence-electron chi connectivity index (χ2n) is 6.74. The quantitative estimate of drug-likeness (QED) is 0.536. The van der Waals surface area contributed by atoms with Gasteiger partial charge in [-0.1, -0.05) is 24.8 Å². The molecule has 7 nitrogen and oxygen atoms in total. The Hall–Kier alpha value is -2.35. The molecule has 0 radical (unpaired) electrons. The van der Waals surface area contributed by atoms with Crippen molar-refractivity contribution in [1.29, 1.82) is 0 Å². The van der Waals surface area contributed by atoms with Gasteiger partial charge >= 0.3 is 0 Å². The lowest BCUT2D eigenvalue weighted by atomic mass is 10.1. The van der Waals surface area contributed by atoms with Gasteiger partial charge in [0, 0.05) is 25.7 Å². The van der Waals surface area contributed by atoms with Crippen LogP contribution in [-0.2, 0) is 17.6 Å². The fraction of sp³-hybridized carbons (Fsp3) is 0.550. The molecule has 0 aliphatic rings. The highest BCUT2D eigenvalue weighted by molar-refractivity contribution is 7.15. The Morgan fingerprint density at radius 3 is 2.50 bits per heavy atom. The van der Waals surface area contributed by atoms with E-state index in [-0.39, 0.29) is 5.91 Å². The number of rotatable bonds is 11. The van der Waals surface area contributed by atoms with Crippen LogP contribution in [0, 0.1) is 6.92 Å². The summed E-state index contributed by atoms with van der Waals surface area (Å²) in [5, 5.41) is 18.3.